The average molecular weight is 153 g/mol. The van der Waals surface area contributed by atoms with E-state index in [-0.39, 0.29) is 12.2 Å². The van der Waals surface area contributed by atoms with Gasteiger partial charge in [-0.25, -0.2) is 4.98 Å². The van der Waals surface area contributed by atoms with E-state index in [4.69, 9.17) is 5.11 Å². The third-order valence-electron chi connectivity index (χ3n) is 1.41. The number of aliphatic hydroxyl groups is 1. The molecular formula is C8H8FNO. The van der Waals surface area contributed by atoms with Crippen molar-refractivity contribution >= 4 is 6.08 Å². The maximum Gasteiger partial charge on any atom is 0.220 e. The molecule has 0 amide bonds. The van der Waals surface area contributed by atoms with Crippen molar-refractivity contribution in [3.05, 3.63) is 35.9 Å². The molecule has 0 bridgehead atoms. The van der Waals surface area contributed by atoms with Gasteiger partial charge in [0.25, 0.3) is 0 Å². The molecule has 0 aliphatic carbocycles. The monoisotopic (exact) mass is 153 g/mol. The number of aromatic nitrogens is 1. The van der Waals surface area contributed by atoms with Crippen LogP contribution in [-0.4, -0.2) is 10.1 Å². The van der Waals surface area contributed by atoms with Crippen LogP contribution in [0.5, 0.6) is 0 Å². The molecule has 1 rings (SSSR count). The van der Waals surface area contributed by atoms with Gasteiger partial charge in [0.05, 0.1) is 6.61 Å². The number of hydrogen-bond acceptors (Lipinski definition) is 2. The van der Waals surface area contributed by atoms with Crippen LogP contribution >= 0.6 is 0 Å². The van der Waals surface area contributed by atoms with Crippen molar-refractivity contribution in [1.82, 2.24) is 4.98 Å². The van der Waals surface area contributed by atoms with Gasteiger partial charge in [-0.05, 0) is 11.6 Å². The van der Waals surface area contributed by atoms with Crippen molar-refractivity contribution in [3.63, 3.8) is 0 Å². The van der Waals surface area contributed by atoms with Crippen LogP contribution in [0.1, 0.15) is 11.1 Å². The normalized spacial score (nSPS) is 9.64. The molecular weight excluding hydrogens is 145 g/mol. The molecule has 0 saturated carbocycles. The summed E-state index contributed by atoms with van der Waals surface area (Å²) in [6.07, 6.45) is 2.65. The van der Waals surface area contributed by atoms with Crippen LogP contribution in [0.4, 0.5) is 4.39 Å². The van der Waals surface area contributed by atoms with Gasteiger partial charge in [-0.1, -0.05) is 12.7 Å². The summed E-state index contributed by atoms with van der Waals surface area (Å²) in [7, 11) is 0. The van der Waals surface area contributed by atoms with Gasteiger partial charge in [0.1, 0.15) is 0 Å². The van der Waals surface area contributed by atoms with E-state index in [9.17, 15) is 4.39 Å². The lowest BCUT2D eigenvalue weighted by molar-refractivity contribution is 0.280. The fraction of sp³-hybridized carbons (Fsp3) is 0.125. The minimum Gasteiger partial charge on any atom is -0.392 e. The average Bonchev–Trinajstić information content (AvgIpc) is 2.04. The second-order valence-electron chi connectivity index (χ2n) is 2.04. The van der Waals surface area contributed by atoms with Crippen molar-refractivity contribution in [2.24, 2.45) is 0 Å². The summed E-state index contributed by atoms with van der Waals surface area (Å²) in [6.45, 7) is 3.22. The Bertz CT molecular complexity index is 273. The van der Waals surface area contributed by atoms with Gasteiger partial charge >= 0.3 is 0 Å². The third-order valence-corrected chi connectivity index (χ3v) is 1.41. The maximum absolute atomic E-state index is 12.7. The smallest absolute Gasteiger partial charge is 0.220 e. The highest BCUT2D eigenvalue weighted by molar-refractivity contribution is 5.50. The first-order valence-electron chi connectivity index (χ1n) is 3.16. The van der Waals surface area contributed by atoms with Gasteiger partial charge in [-0.2, -0.15) is 4.39 Å². The highest BCUT2D eigenvalue weighted by atomic mass is 19.1. The van der Waals surface area contributed by atoms with E-state index in [0.717, 1.165) is 0 Å². The van der Waals surface area contributed by atoms with Crippen molar-refractivity contribution in [2.45, 2.75) is 6.61 Å². The summed E-state index contributed by atoms with van der Waals surface area (Å²) in [5.41, 5.74) is 0.780. The van der Waals surface area contributed by atoms with E-state index in [0.29, 0.717) is 5.56 Å². The standard InChI is InChI=1S/C8H8FNO/c1-2-7-6(5-11)3-4-10-8(7)9/h2-4,11H,1,5H2. The zero-order valence-electron chi connectivity index (χ0n) is 5.92. The quantitative estimate of drug-likeness (QED) is 0.650. The zero-order valence-corrected chi connectivity index (χ0v) is 5.92. The lowest BCUT2D eigenvalue weighted by atomic mass is 10.1. The first-order chi connectivity index (χ1) is 5.29. The van der Waals surface area contributed by atoms with Crippen molar-refractivity contribution in [2.75, 3.05) is 0 Å². The summed E-state index contributed by atoms with van der Waals surface area (Å²) in [5.74, 6) is -0.591. The summed E-state index contributed by atoms with van der Waals surface area (Å²) >= 11 is 0. The van der Waals surface area contributed by atoms with E-state index < -0.39 is 5.95 Å². The molecule has 11 heavy (non-hydrogen) atoms. The fourth-order valence-electron chi connectivity index (χ4n) is 0.838. The molecule has 1 heterocycles. The zero-order chi connectivity index (χ0) is 8.27. The fourth-order valence-corrected chi connectivity index (χ4v) is 0.838. The molecule has 1 N–H and O–H groups in total. The Labute approximate surface area is 64.0 Å². The Morgan fingerprint density at radius 1 is 1.73 bits per heavy atom. The molecule has 58 valence electrons. The Morgan fingerprint density at radius 2 is 2.45 bits per heavy atom. The van der Waals surface area contributed by atoms with E-state index in [1.54, 1.807) is 6.07 Å². The second-order valence-corrected chi connectivity index (χ2v) is 2.04. The minimum absolute atomic E-state index is 0.194. The lowest BCUT2D eigenvalue weighted by Crippen LogP contribution is -1.94. The van der Waals surface area contributed by atoms with Crippen molar-refractivity contribution in [1.29, 1.82) is 0 Å². The SMILES string of the molecule is C=Cc1c(CO)ccnc1F. The predicted molar refractivity (Wildman–Crippen MR) is 40.2 cm³/mol. The van der Waals surface area contributed by atoms with Gasteiger partial charge < -0.3 is 5.11 Å². The molecule has 0 saturated heterocycles. The van der Waals surface area contributed by atoms with Crippen LogP contribution in [-0.2, 0) is 6.61 Å². The summed E-state index contributed by atoms with van der Waals surface area (Å²) in [6, 6.07) is 1.56. The number of hydrogen-bond donors (Lipinski definition) is 1. The first-order valence-corrected chi connectivity index (χ1v) is 3.16. The molecule has 0 aromatic carbocycles. The van der Waals surface area contributed by atoms with Crippen LogP contribution in [0.3, 0.4) is 0 Å². The molecule has 0 atom stereocenters. The number of aliphatic hydroxyl groups excluding tert-OH is 1. The van der Waals surface area contributed by atoms with Crippen molar-refractivity contribution in [3.8, 4) is 0 Å². The Kier molecular flexibility index (Phi) is 2.33. The Morgan fingerprint density at radius 3 is 2.91 bits per heavy atom. The van der Waals surface area contributed by atoms with E-state index >= 15 is 0 Å². The molecule has 0 spiro atoms. The van der Waals surface area contributed by atoms with Gasteiger partial charge in [0.15, 0.2) is 0 Å². The Balaban J connectivity index is 3.24. The highest BCUT2D eigenvalue weighted by Crippen LogP contribution is 2.11. The molecule has 0 aliphatic rings. The van der Waals surface area contributed by atoms with Crippen LogP contribution in [0.2, 0.25) is 0 Å². The molecule has 0 unspecified atom stereocenters. The highest BCUT2D eigenvalue weighted by Gasteiger charge is 2.03. The second kappa shape index (κ2) is 3.25. The van der Waals surface area contributed by atoms with Gasteiger partial charge in [-0.15, -0.1) is 0 Å². The molecule has 1 aromatic heterocycles. The number of nitrogens with zero attached hydrogens (tertiary/aromatic N) is 1. The summed E-state index contributed by atoms with van der Waals surface area (Å²) < 4.78 is 12.7. The van der Waals surface area contributed by atoms with E-state index in [2.05, 4.69) is 11.6 Å². The third kappa shape index (κ3) is 1.43. The van der Waals surface area contributed by atoms with Gasteiger partial charge in [0, 0.05) is 11.8 Å². The molecule has 0 fully saturated rings. The maximum atomic E-state index is 12.7. The van der Waals surface area contributed by atoms with Crippen LogP contribution in [0, 0.1) is 5.95 Å². The van der Waals surface area contributed by atoms with E-state index in [1.165, 1.54) is 12.3 Å². The van der Waals surface area contributed by atoms with Crippen LogP contribution in [0.15, 0.2) is 18.8 Å². The number of halogens is 1. The number of rotatable bonds is 2. The van der Waals surface area contributed by atoms with Crippen LogP contribution < -0.4 is 0 Å². The van der Waals surface area contributed by atoms with Gasteiger partial charge in [0.2, 0.25) is 5.95 Å². The van der Waals surface area contributed by atoms with E-state index in [1.807, 2.05) is 0 Å². The summed E-state index contributed by atoms with van der Waals surface area (Å²) in [4.78, 5) is 3.41. The largest absolute Gasteiger partial charge is 0.392 e. The molecule has 1 aromatic rings. The minimum atomic E-state index is -0.591. The molecule has 3 heteroatoms. The molecule has 0 aliphatic heterocycles. The van der Waals surface area contributed by atoms with Crippen molar-refractivity contribution < 1.29 is 9.50 Å². The molecule has 2 nitrogen and oxygen atoms in total. The summed E-state index contributed by atoms with van der Waals surface area (Å²) in [5, 5.41) is 8.73. The number of pyridine rings is 1. The molecule has 0 radical (unpaired) electrons. The predicted octanol–water partition coefficient (Wildman–Crippen LogP) is 1.36. The van der Waals surface area contributed by atoms with Crippen LogP contribution in [0.25, 0.3) is 6.08 Å². The van der Waals surface area contributed by atoms with Gasteiger partial charge in [-0.3, -0.25) is 0 Å². The topological polar surface area (TPSA) is 33.1 Å². The lowest BCUT2D eigenvalue weighted by Gasteiger charge is -2.00. The first kappa shape index (κ1) is 7.88. The Hall–Kier alpha value is -1.22.